The second-order valence-electron chi connectivity index (χ2n) is 3.41. The maximum atomic E-state index is 12.0. The molecule has 0 aliphatic rings. The average molecular weight is 279 g/mol. The van der Waals surface area contributed by atoms with Crippen LogP contribution in [0.2, 0.25) is 0 Å². The molecule has 9 heteroatoms. The number of nitriles is 1. The summed E-state index contributed by atoms with van der Waals surface area (Å²) >= 11 is 0. The van der Waals surface area contributed by atoms with Gasteiger partial charge in [0.1, 0.15) is 0 Å². The molecule has 0 radical (unpaired) electrons. The SMILES string of the molecule is COc1n[nH]c(NS(=O)(=O)c2ccc(C#N)cc2)n1. The van der Waals surface area contributed by atoms with Gasteiger partial charge in [0.05, 0.1) is 23.6 Å². The summed E-state index contributed by atoms with van der Waals surface area (Å²) < 4.78 is 30.9. The van der Waals surface area contributed by atoms with Gasteiger partial charge in [-0.2, -0.15) is 10.2 Å². The second-order valence-corrected chi connectivity index (χ2v) is 5.09. The van der Waals surface area contributed by atoms with Crippen LogP contribution in [0.4, 0.5) is 5.95 Å². The molecule has 2 aromatic rings. The maximum Gasteiger partial charge on any atom is 0.336 e. The third-order valence-corrected chi connectivity index (χ3v) is 3.53. The summed E-state index contributed by atoms with van der Waals surface area (Å²) in [5, 5.41) is 14.6. The average Bonchev–Trinajstić information content (AvgIpc) is 2.85. The van der Waals surface area contributed by atoms with Crippen LogP contribution < -0.4 is 9.46 Å². The zero-order chi connectivity index (χ0) is 13.9. The van der Waals surface area contributed by atoms with E-state index in [4.69, 9.17) is 10.00 Å². The number of anilines is 1. The lowest BCUT2D eigenvalue weighted by molar-refractivity contribution is 0.382. The van der Waals surface area contributed by atoms with Crippen molar-refractivity contribution in [3.05, 3.63) is 29.8 Å². The van der Waals surface area contributed by atoms with Gasteiger partial charge in [-0.05, 0) is 24.3 Å². The number of rotatable bonds is 4. The van der Waals surface area contributed by atoms with Crippen LogP contribution in [0.5, 0.6) is 6.01 Å². The zero-order valence-electron chi connectivity index (χ0n) is 9.78. The molecule has 2 rings (SSSR count). The molecule has 8 nitrogen and oxygen atoms in total. The first-order valence-corrected chi connectivity index (χ1v) is 6.53. The van der Waals surface area contributed by atoms with Gasteiger partial charge in [-0.3, -0.25) is 0 Å². The van der Waals surface area contributed by atoms with Crippen molar-refractivity contribution in [2.24, 2.45) is 0 Å². The van der Waals surface area contributed by atoms with Crippen molar-refractivity contribution < 1.29 is 13.2 Å². The van der Waals surface area contributed by atoms with Gasteiger partial charge in [0, 0.05) is 0 Å². The third kappa shape index (κ3) is 2.80. The van der Waals surface area contributed by atoms with Crippen LogP contribution in [-0.4, -0.2) is 30.7 Å². The first kappa shape index (κ1) is 12.8. The maximum absolute atomic E-state index is 12.0. The number of benzene rings is 1. The molecular formula is C10H9N5O3S. The van der Waals surface area contributed by atoms with Crippen molar-refractivity contribution in [2.75, 3.05) is 11.8 Å². The molecule has 1 heterocycles. The molecule has 0 fully saturated rings. The Bertz CT molecular complexity index is 714. The largest absolute Gasteiger partial charge is 0.466 e. The summed E-state index contributed by atoms with van der Waals surface area (Å²) in [4.78, 5) is 3.76. The molecule has 1 aromatic carbocycles. The fourth-order valence-corrected chi connectivity index (χ4v) is 2.24. The van der Waals surface area contributed by atoms with E-state index < -0.39 is 10.0 Å². The highest BCUT2D eigenvalue weighted by atomic mass is 32.2. The van der Waals surface area contributed by atoms with Gasteiger partial charge in [-0.15, -0.1) is 5.10 Å². The minimum Gasteiger partial charge on any atom is -0.466 e. The van der Waals surface area contributed by atoms with Crippen LogP contribution in [0, 0.1) is 11.3 Å². The van der Waals surface area contributed by atoms with Gasteiger partial charge >= 0.3 is 6.01 Å². The number of nitrogens with zero attached hydrogens (tertiary/aromatic N) is 3. The molecule has 0 saturated heterocycles. The van der Waals surface area contributed by atoms with Crippen molar-refractivity contribution >= 4 is 16.0 Å². The lowest BCUT2D eigenvalue weighted by Crippen LogP contribution is -2.13. The van der Waals surface area contributed by atoms with E-state index in [9.17, 15) is 8.42 Å². The summed E-state index contributed by atoms with van der Waals surface area (Å²) in [7, 11) is -2.42. The Hall–Kier alpha value is -2.60. The Labute approximate surface area is 109 Å². The molecule has 0 aliphatic heterocycles. The van der Waals surface area contributed by atoms with Crippen LogP contribution in [0.1, 0.15) is 5.56 Å². The van der Waals surface area contributed by atoms with Crippen molar-refractivity contribution in [1.82, 2.24) is 15.2 Å². The van der Waals surface area contributed by atoms with E-state index >= 15 is 0 Å². The summed E-state index contributed by atoms with van der Waals surface area (Å²) in [5.41, 5.74) is 0.375. The third-order valence-electron chi connectivity index (χ3n) is 2.17. The Kier molecular flexibility index (Phi) is 3.35. The summed E-state index contributed by atoms with van der Waals surface area (Å²) in [6.45, 7) is 0. The lowest BCUT2D eigenvalue weighted by Gasteiger charge is -2.04. The number of hydrogen-bond donors (Lipinski definition) is 2. The van der Waals surface area contributed by atoms with E-state index in [1.807, 2.05) is 6.07 Å². The Morgan fingerprint density at radius 2 is 2.05 bits per heavy atom. The first-order chi connectivity index (χ1) is 9.05. The number of aromatic nitrogens is 3. The highest BCUT2D eigenvalue weighted by Gasteiger charge is 2.16. The van der Waals surface area contributed by atoms with Gasteiger partial charge in [0.25, 0.3) is 10.0 Å². The second kappa shape index (κ2) is 4.95. The number of ether oxygens (including phenoxy) is 1. The number of nitrogens with one attached hydrogen (secondary N) is 2. The molecule has 2 N–H and O–H groups in total. The number of H-pyrrole nitrogens is 1. The summed E-state index contributed by atoms with van der Waals surface area (Å²) in [6.07, 6.45) is 0. The molecular weight excluding hydrogens is 270 g/mol. The van der Waals surface area contributed by atoms with E-state index in [0.29, 0.717) is 5.56 Å². The Balaban J connectivity index is 2.24. The van der Waals surface area contributed by atoms with Gasteiger partial charge in [-0.1, -0.05) is 0 Å². The van der Waals surface area contributed by atoms with Gasteiger partial charge in [0.15, 0.2) is 0 Å². The Morgan fingerprint density at radius 3 is 2.58 bits per heavy atom. The van der Waals surface area contributed by atoms with E-state index in [-0.39, 0.29) is 16.9 Å². The van der Waals surface area contributed by atoms with Gasteiger partial charge in [-0.25, -0.2) is 18.2 Å². The van der Waals surface area contributed by atoms with Crippen molar-refractivity contribution in [1.29, 1.82) is 5.26 Å². The molecule has 98 valence electrons. The van der Waals surface area contributed by atoms with Gasteiger partial charge < -0.3 is 4.74 Å². The molecule has 0 amide bonds. The van der Waals surface area contributed by atoms with Crippen LogP contribution in [0.3, 0.4) is 0 Å². The molecule has 0 atom stereocenters. The minimum absolute atomic E-state index is 0.0156. The van der Waals surface area contributed by atoms with E-state index in [0.717, 1.165) is 0 Å². The molecule has 0 unspecified atom stereocenters. The van der Waals surface area contributed by atoms with E-state index in [2.05, 4.69) is 19.9 Å². The van der Waals surface area contributed by atoms with Crippen LogP contribution >= 0.6 is 0 Å². The molecule has 1 aromatic heterocycles. The molecule has 19 heavy (non-hydrogen) atoms. The molecule has 0 saturated carbocycles. The predicted molar refractivity (Wildman–Crippen MR) is 64.9 cm³/mol. The highest BCUT2D eigenvalue weighted by Crippen LogP contribution is 2.14. The number of hydrogen-bond acceptors (Lipinski definition) is 6. The quantitative estimate of drug-likeness (QED) is 0.839. The zero-order valence-corrected chi connectivity index (χ0v) is 10.6. The van der Waals surface area contributed by atoms with Crippen LogP contribution in [0.25, 0.3) is 0 Å². The van der Waals surface area contributed by atoms with Crippen molar-refractivity contribution in [3.63, 3.8) is 0 Å². The topological polar surface area (TPSA) is 121 Å². The predicted octanol–water partition coefficient (Wildman–Crippen LogP) is 0.486. The molecule has 0 bridgehead atoms. The van der Waals surface area contributed by atoms with E-state index in [1.165, 1.54) is 31.4 Å². The summed E-state index contributed by atoms with van der Waals surface area (Å²) in [5.74, 6) is -0.0544. The normalized spacial score (nSPS) is 10.7. The Morgan fingerprint density at radius 1 is 1.37 bits per heavy atom. The highest BCUT2D eigenvalue weighted by molar-refractivity contribution is 7.92. The van der Waals surface area contributed by atoms with Crippen molar-refractivity contribution in [3.8, 4) is 12.1 Å². The standard InChI is InChI=1S/C10H9N5O3S/c1-18-10-12-9(13-14-10)15-19(16,17)8-4-2-7(6-11)3-5-8/h2-5H,1H3,(H2,12,13,14,15). The lowest BCUT2D eigenvalue weighted by atomic mass is 10.2. The first-order valence-electron chi connectivity index (χ1n) is 5.04. The summed E-state index contributed by atoms with van der Waals surface area (Å²) in [6, 6.07) is 7.41. The fraction of sp³-hybridized carbons (Fsp3) is 0.100. The van der Waals surface area contributed by atoms with Crippen LogP contribution in [0.15, 0.2) is 29.2 Å². The number of aromatic amines is 1. The fourth-order valence-electron chi connectivity index (χ4n) is 1.28. The monoisotopic (exact) mass is 279 g/mol. The van der Waals surface area contributed by atoms with E-state index in [1.54, 1.807) is 0 Å². The number of sulfonamides is 1. The smallest absolute Gasteiger partial charge is 0.336 e. The minimum atomic E-state index is -3.78. The molecule has 0 aliphatic carbocycles. The number of methoxy groups -OCH3 is 1. The van der Waals surface area contributed by atoms with Crippen LogP contribution in [-0.2, 0) is 10.0 Å². The molecule has 0 spiro atoms. The van der Waals surface area contributed by atoms with Crippen molar-refractivity contribution in [2.45, 2.75) is 4.90 Å². The van der Waals surface area contributed by atoms with Gasteiger partial charge in [0.2, 0.25) is 5.95 Å².